The summed E-state index contributed by atoms with van der Waals surface area (Å²) in [7, 11) is 1.68. The Hall–Kier alpha value is -1.61. The van der Waals surface area contributed by atoms with Crippen molar-refractivity contribution in [3.8, 4) is 0 Å². The van der Waals surface area contributed by atoms with E-state index in [4.69, 9.17) is 4.74 Å². The van der Waals surface area contributed by atoms with E-state index in [1.165, 1.54) is 5.56 Å². The summed E-state index contributed by atoms with van der Waals surface area (Å²) in [4.78, 5) is 4.24. The first-order valence-corrected chi connectivity index (χ1v) is 4.93. The van der Waals surface area contributed by atoms with Crippen LogP contribution in [0.1, 0.15) is 11.4 Å². The Bertz CT molecular complexity index is 409. The maximum absolute atomic E-state index is 5.08. The van der Waals surface area contributed by atoms with Crippen molar-refractivity contribution < 1.29 is 4.74 Å². The highest BCUT2D eigenvalue weighted by Crippen LogP contribution is 2.05. The molecule has 0 N–H and O–H groups in total. The number of rotatable bonds is 4. The summed E-state index contributed by atoms with van der Waals surface area (Å²) in [6.07, 6.45) is 3.78. The van der Waals surface area contributed by atoms with Crippen LogP contribution in [0.25, 0.3) is 0 Å². The van der Waals surface area contributed by atoms with Crippen LogP contribution in [0.2, 0.25) is 0 Å². The molecule has 1 aromatic heterocycles. The molecule has 0 atom stereocenters. The Kier molecular flexibility index (Phi) is 3.15. The molecule has 0 aliphatic heterocycles. The van der Waals surface area contributed by atoms with Crippen molar-refractivity contribution in [2.45, 2.75) is 13.2 Å². The third-order valence-corrected chi connectivity index (χ3v) is 2.27. The number of hydrogen-bond acceptors (Lipinski definition) is 2. The molecule has 0 fully saturated rings. The number of hydrogen-bond donors (Lipinski definition) is 0. The molecule has 15 heavy (non-hydrogen) atoms. The van der Waals surface area contributed by atoms with E-state index >= 15 is 0 Å². The van der Waals surface area contributed by atoms with Crippen LogP contribution in [0.4, 0.5) is 0 Å². The molecule has 3 heteroatoms. The zero-order valence-corrected chi connectivity index (χ0v) is 8.76. The highest BCUT2D eigenvalue weighted by atomic mass is 16.5. The van der Waals surface area contributed by atoms with Gasteiger partial charge in [-0.15, -0.1) is 0 Å². The van der Waals surface area contributed by atoms with Crippen molar-refractivity contribution in [1.82, 2.24) is 9.55 Å². The van der Waals surface area contributed by atoms with Crippen molar-refractivity contribution in [3.63, 3.8) is 0 Å². The average molecular weight is 202 g/mol. The second-order valence-electron chi connectivity index (χ2n) is 3.39. The van der Waals surface area contributed by atoms with Gasteiger partial charge in [0.25, 0.3) is 0 Å². The molecule has 0 aliphatic carbocycles. The summed E-state index contributed by atoms with van der Waals surface area (Å²) in [6.45, 7) is 1.40. The predicted octanol–water partition coefficient (Wildman–Crippen LogP) is 2.08. The van der Waals surface area contributed by atoms with E-state index in [0.29, 0.717) is 6.61 Å². The Balaban J connectivity index is 2.14. The van der Waals surface area contributed by atoms with Crippen LogP contribution in [-0.4, -0.2) is 16.7 Å². The van der Waals surface area contributed by atoms with Crippen molar-refractivity contribution in [1.29, 1.82) is 0 Å². The lowest BCUT2D eigenvalue weighted by atomic mass is 10.2. The SMILES string of the molecule is COCc1nccn1Cc1ccccc1. The number of methoxy groups -OCH3 is 1. The molecular formula is C12H14N2O. The topological polar surface area (TPSA) is 27.1 Å². The normalized spacial score (nSPS) is 10.5. The summed E-state index contributed by atoms with van der Waals surface area (Å²) in [5.74, 6) is 0.960. The van der Waals surface area contributed by atoms with Crippen molar-refractivity contribution in [3.05, 3.63) is 54.1 Å². The van der Waals surface area contributed by atoms with Gasteiger partial charge in [0.1, 0.15) is 12.4 Å². The lowest BCUT2D eigenvalue weighted by Gasteiger charge is -2.06. The molecule has 1 aromatic carbocycles. The quantitative estimate of drug-likeness (QED) is 0.759. The minimum absolute atomic E-state index is 0.555. The molecule has 0 bridgehead atoms. The fourth-order valence-electron chi connectivity index (χ4n) is 1.53. The highest BCUT2D eigenvalue weighted by Gasteiger charge is 2.01. The van der Waals surface area contributed by atoms with E-state index < -0.39 is 0 Å². The van der Waals surface area contributed by atoms with E-state index in [1.807, 2.05) is 24.4 Å². The van der Waals surface area contributed by atoms with Gasteiger partial charge in [-0.25, -0.2) is 4.98 Å². The smallest absolute Gasteiger partial charge is 0.135 e. The standard InChI is InChI=1S/C12H14N2O/c1-15-10-12-13-7-8-14(12)9-11-5-3-2-4-6-11/h2-8H,9-10H2,1H3. The molecule has 0 spiro atoms. The minimum Gasteiger partial charge on any atom is -0.377 e. The molecule has 0 saturated carbocycles. The van der Waals surface area contributed by atoms with Crippen LogP contribution < -0.4 is 0 Å². The molecule has 2 aromatic rings. The Morgan fingerprint density at radius 1 is 1.27 bits per heavy atom. The molecule has 78 valence electrons. The Morgan fingerprint density at radius 3 is 2.80 bits per heavy atom. The van der Waals surface area contributed by atoms with E-state index in [0.717, 1.165) is 12.4 Å². The zero-order valence-electron chi connectivity index (χ0n) is 8.76. The van der Waals surface area contributed by atoms with Gasteiger partial charge in [0, 0.05) is 26.0 Å². The molecule has 2 rings (SSSR count). The zero-order chi connectivity index (χ0) is 10.5. The van der Waals surface area contributed by atoms with Gasteiger partial charge in [-0.1, -0.05) is 30.3 Å². The highest BCUT2D eigenvalue weighted by molar-refractivity contribution is 5.15. The van der Waals surface area contributed by atoms with Gasteiger partial charge in [0.15, 0.2) is 0 Å². The summed E-state index contributed by atoms with van der Waals surface area (Å²) >= 11 is 0. The van der Waals surface area contributed by atoms with Crippen molar-refractivity contribution in [2.75, 3.05) is 7.11 Å². The van der Waals surface area contributed by atoms with Crippen molar-refractivity contribution in [2.24, 2.45) is 0 Å². The van der Waals surface area contributed by atoms with Crippen LogP contribution >= 0.6 is 0 Å². The lowest BCUT2D eigenvalue weighted by molar-refractivity contribution is 0.174. The van der Waals surface area contributed by atoms with Crippen LogP contribution in [0, 0.1) is 0 Å². The minimum atomic E-state index is 0.555. The maximum atomic E-state index is 5.08. The molecule has 0 saturated heterocycles. The molecule has 0 aliphatic rings. The number of nitrogens with zero attached hydrogens (tertiary/aromatic N) is 2. The van der Waals surface area contributed by atoms with Crippen molar-refractivity contribution >= 4 is 0 Å². The van der Waals surface area contributed by atoms with E-state index in [2.05, 4.69) is 21.7 Å². The average Bonchev–Trinajstić information content (AvgIpc) is 2.68. The number of imidazole rings is 1. The van der Waals surface area contributed by atoms with Gasteiger partial charge >= 0.3 is 0 Å². The number of ether oxygens (including phenoxy) is 1. The Morgan fingerprint density at radius 2 is 2.07 bits per heavy atom. The van der Waals surface area contributed by atoms with Crippen LogP contribution in [0.5, 0.6) is 0 Å². The molecule has 0 amide bonds. The van der Waals surface area contributed by atoms with Crippen LogP contribution in [0.15, 0.2) is 42.7 Å². The monoisotopic (exact) mass is 202 g/mol. The second kappa shape index (κ2) is 4.75. The first-order chi connectivity index (χ1) is 7.40. The van der Waals surface area contributed by atoms with Gasteiger partial charge in [-0.2, -0.15) is 0 Å². The van der Waals surface area contributed by atoms with Crippen LogP contribution in [-0.2, 0) is 17.9 Å². The van der Waals surface area contributed by atoms with Crippen LogP contribution in [0.3, 0.4) is 0 Å². The molecular weight excluding hydrogens is 188 g/mol. The first kappa shape index (κ1) is 9.93. The first-order valence-electron chi connectivity index (χ1n) is 4.93. The largest absolute Gasteiger partial charge is 0.377 e. The summed E-state index contributed by atoms with van der Waals surface area (Å²) in [6, 6.07) is 10.3. The van der Waals surface area contributed by atoms with E-state index in [1.54, 1.807) is 13.3 Å². The third kappa shape index (κ3) is 2.44. The molecule has 0 unspecified atom stereocenters. The molecule has 0 radical (unpaired) electrons. The predicted molar refractivity (Wildman–Crippen MR) is 58.5 cm³/mol. The fraction of sp³-hybridized carbons (Fsp3) is 0.250. The summed E-state index contributed by atoms with van der Waals surface area (Å²) in [5, 5.41) is 0. The molecule has 3 nitrogen and oxygen atoms in total. The fourth-order valence-corrected chi connectivity index (χ4v) is 1.53. The second-order valence-corrected chi connectivity index (χ2v) is 3.39. The van der Waals surface area contributed by atoms with E-state index in [-0.39, 0.29) is 0 Å². The third-order valence-electron chi connectivity index (χ3n) is 2.27. The number of benzene rings is 1. The van der Waals surface area contributed by atoms with Gasteiger partial charge in [0.05, 0.1) is 0 Å². The Labute approximate surface area is 89.3 Å². The molecule has 1 heterocycles. The van der Waals surface area contributed by atoms with E-state index in [9.17, 15) is 0 Å². The number of aromatic nitrogens is 2. The summed E-state index contributed by atoms with van der Waals surface area (Å²) < 4.78 is 7.18. The van der Waals surface area contributed by atoms with Gasteiger partial charge in [-0.05, 0) is 5.56 Å². The van der Waals surface area contributed by atoms with Gasteiger partial charge < -0.3 is 9.30 Å². The summed E-state index contributed by atoms with van der Waals surface area (Å²) in [5.41, 5.74) is 1.27. The van der Waals surface area contributed by atoms with Gasteiger partial charge in [-0.3, -0.25) is 0 Å². The lowest BCUT2D eigenvalue weighted by Crippen LogP contribution is -2.05. The maximum Gasteiger partial charge on any atom is 0.135 e. The van der Waals surface area contributed by atoms with Gasteiger partial charge in [0.2, 0.25) is 0 Å².